The first-order chi connectivity index (χ1) is 10.2. The van der Waals surface area contributed by atoms with Gasteiger partial charge in [-0.3, -0.25) is 4.79 Å². The van der Waals surface area contributed by atoms with Crippen molar-refractivity contribution in [3.05, 3.63) is 65.7 Å². The highest BCUT2D eigenvalue weighted by Gasteiger charge is 2.15. The molecular weight excluding hydrogens is 270 g/mol. The lowest BCUT2D eigenvalue weighted by Gasteiger charge is -2.08. The van der Waals surface area contributed by atoms with Crippen LogP contribution >= 0.6 is 0 Å². The minimum atomic E-state index is -0.613. The van der Waals surface area contributed by atoms with E-state index < -0.39 is 5.97 Å². The van der Waals surface area contributed by atoms with Crippen LogP contribution in [0, 0.1) is 0 Å². The first-order valence-corrected chi connectivity index (χ1v) is 6.49. The Hall–Kier alpha value is -2.82. The van der Waals surface area contributed by atoms with Gasteiger partial charge in [-0.05, 0) is 31.2 Å². The summed E-state index contributed by atoms with van der Waals surface area (Å²) < 4.78 is 10.1. The Labute approximate surface area is 122 Å². The van der Waals surface area contributed by atoms with Gasteiger partial charge in [-0.2, -0.15) is 0 Å². The van der Waals surface area contributed by atoms with E-state index in [0.29, 0.717) is 11.3 Å². The maximum atomic E-state index is 12.1. The van der Waals surface area contributed by atoms with E-state index in [9.17, 15) is 9.59 Å². The number of rotatable bonds is 5. The number of esters is 1. The van der Waals surface area contributed by atoms with E-state index in [2.05, 4.69) is 5.32 Å². The lowest BCUT2D eigenvalue weighted by Crippen LogP contribution is -2.28. The molecule has 21 heavy (non-hydrogen) atoms. The van der Waals surface area contributed by atoms with Gasteiger partial charge in [-0.1, -0.05) is 18.2 Å². The molecule has 108 valence electrons. The second kappa shape index (κ2) is 7.09. The fourth-order valence-corrected chi connectivity index (χ4v) is 1.65. The molecule has 1 heterocycles. The van der Waals surface area contributed by atoms with E-state index in [4.69, 9.17) is 9.15 Å². The van der Waals surface area contributed by atoms with Crippen LogP contribution in [0.1, 0.15) is 23.0 Å². The molecule has 0 saturated heterocycles. The van der Waals surface area contributed by atoms with Gasteiger partial charge in [-0.25, -0.2) is 4.79 Å². The Balaban J connectivity index is 2.20. The third-order valence-corrected chi connectivity index (χ3v) is 2.61. The van der Waals surface area contributed by atoms with Crippen molar-refractivity contribution in [2.75, 3.05) is 6.61 Å². The maximum Gasteiger partial charge on any atom is 0.354 e. The fraction of sp³-hybridized carbons (Fsp3) is 0.125. The molecule has 1 amide bonds. The van der Waals surface area contributed by atoms with Crippen LogP contribution in [0.25, 0.3) is 6.08 Å². The van der Waals surface area contributed by atoms with Crippen LogP contribution in [-0.4, -0.2) is 18.5 Å². The second-order valence-corrected chi connectivity index (χ2v) is 4.11. The second-order valence-electron chi connectivity index (χ2n) is 4.11. The van der Waals surface area contributed by atoms with Crippen molar-refractivity contribution in [2.45, 2.75) is 6.92 Å². The Morgan fingerprint density at radius 2 is 1.95 bits per heavy atom. The van der Waals surface area contributed by atoms with Gasteiger partial charge < -0.3 is 14.5 Å². The molecule has 0 bridgehead atoms. The quantitative estimate of drug-likeness (QED) is 0.677. The minimum absolute atomic E-state index is 0.0284. The summed E-state index contributed by atoms with van der Waals surface area (Å²) >= 11 is 0. The number of hydrogen-bond donors (Lipinski definition) is 1. The summed E-state index contributed by atoms with van der Waals surface area (Å²) in [7, 11) is 0. The van der Waals surface area contributed by atoms with E-state index in [1.807, 2.05) is 6.07 Å². The molecule has 0 aliphatic carbocycles. The maximum absolute atomic E-state index is 12.1. The smallest absolute Gasteiger partial charge is 0.354 e. The van der Waals surface area contributed by atoms with Crippen LogP contribution in [0.2, 0.25) is 0 Å². The van der Waals surface area contributed by atoms with Crippen LogP contribution in [0.5, 0.6) is 0 Å². The Bertz CT molecular complexity index is 630. The van der Waals surface area contributed by atoms with Gasteiger partial charge in [0, 0.05) is 11.6 Å². The molecule has 0 atom stereocenters. The zero-order valence-electron chi connectivity index (χ0n) is 11.5. The van der Waals surface area contributed by atoms with E-state index in [0.717, 1.165) is 0 Å². The van der Waals surface area contributed by atoms with Gasteiger partial charge in [0.1, 0.15) is 11.5 Å². The number of carbonyl (C=O) groups excluding carboxylic acids is 2. The number of furan rings is 1. The number of ether oxygens (including phenoxy) is 1. The third-order valence-electron chi connectivity index (χ3n) is 2.61. The molecule has 0 saturated carbocycles. The highest BCUT2D eigenvalue weighted by atomic mass is 16.5. The Kier molecular flexibility index (Phi) is 4.93. The lowest BCUT2D eigenvalue weighted by molar-refractivity contribution is -0.138. The third kappa shape index (κ3) is 4.07. The molecule has 0 spiro atoms. The van der Waals surface area contributed by atoms with Crippen molar-refractivity contribution in [1.82, 2.24) is 5.32 Å². The minimum Gasteiger partial charge on any atom is -0.465 e. The number of benzene rings is 1. The molecule has 5 heteroatoms. The monoisotopic (exact) mass is 285 g/mol. The lowest BCUT2D eigenvalue weighted by atomic mass is 10.2. The predicted octanol–water partition coefficient (Wildman–Crippen LogP) is 2.61. The molecule has 1 N–H and O–H groups in total. The molecule has 5 nitrogen and oxygen atoms in total. The molecule has 1 aromatic heterocycles. The van der Waals surface area contributed by atoms with Gasteiger partial charge in [0.25, 0.3) is 5.91 Å². The van der Waals surface area contributed by atoms with Gasteiger partial charge in [-0.15, -0.1) is 0 Å². The van der Waals surface area contributed by atoms with Crippen molar-refractivity contribution in [2.24, 2.45) is 0 Å². The van der Waals surface area contributed by atoms with Crippen molar-refractivity contribution < 1.29 is 18.7 Å². The fourth-order valence-electron chi connectivity index (χ4n) is 1.65. The first-order valence-electron chi connectivity index (χ1n) is 6.49. The summed E-state index contributed by atoms with van der Waals surface area (Å²) in [6, 6.07) is 12.0. The standard InChI is InChI=1S/C16H15NO4/c1-2-20-16(19)14(11-13-9-6-10-21-13)17-15(18)12-7-4-3-5-8-12/h3-11H,2H2,1H3,(H,17,18)/b14-11+. The summed E-state index contributed by atoms with van der Waals surface area (Å²) in [6.45, 7) is 1.91. The van der Waals surface area contributed by atoms with Gasteiger partial charge in [0.2, 0.25) is 0 Å². The number of carbonyl (C=O) groups is 2. The Morgan fingerprint density at radius 3 is 2.57 bits per heavy atom. The average molecular weight is 285 g/mol. The highest BCUT2D eigenvalue weighted by Crippen LogP contribution is 2.08. The van der Waals surface area contributed by atoms with Crippen LogP contribution in [0.3, 0.4) is 0 Å². The van der Waals surface area contributed by atoms with Gasteiger partial charge in [0.15, 0.2) is 0 Å². The molecular formula is C16H15NO4. The van der Waals surface area contributed by atoms with E-state index in [1.165, 1.54) is 12.3 Å². The summed E-state index contributed by atoms with van der Waals surface area (Å²) in [5.41, 5.74) is 0.479. The molecule has 0 aliphatic heterocycles. The van der Waals surface area contributed by atoms with Crippen molar-refractivity contribution in [1.29, 1.82) is 0 Å². The predicted molar refractivity (Wildman–Crippen MR) is 77.2 cm³/mol. The van der Waals surface area contributed by atoms with Crippen LogP contribution in [0.4, 0.5) is 0 Å². The zero-order chi connectivity index (χ0) is 15.1. The SMILES string of the molecule is CCOC(=O)/C(=C\c1ccco1)NC(=O)c1ccccc1. The van der Waals surface area contributed by atoms with Crippen LogP contribution in [-0.2, 0) is 9.53 Å². The zero-order valence-corrected chi connectivity index (χ0v) is 11.5. The van der Waals surface area contributed by atoms with Gasteiger partial charge in [0.05, 0.1) is 12.9 Å². The highest BCUT2D eigenvalue weighted by molar-refractivity contribution is 6.03. The molecule has 1 aromatic carbocycles. The molecule has 2 rings (SSSR count). The van der Waals surface area contributed by atoms with Crippen LogP contribution in [0.15, 0.2) is 58.8 Å². The summed E-state index contributed by atoms with van der Waals surface area (Å²) in [6.07, 6.45) is 2.91. The average Bonchev–Trinajstić information content (AvgIpc) is 3.00. The van der Waals surface area contributed by atoms with Crippen molar-refractivity contribution in [3.63, 3.8) is 0 Å². The summed E-state index contributed by atoms with van der Waals surface area (Å²) in [4.78, 5) is 24.0. The largest absolute Gasteiger partial charge is 0.465 e. The van der Waals surface area contributed by atoms with E-state index in [-0.39, 0.29) is 18.2 Å². The van der Waals surface area contributed by atoms with Crippen LogP contribution < -0.4 is 5.32 Å². The molecule has 0 radical (unpaired) electrons. The molecule has 0 fully saturated rings. The summed E-state index contributed by atoms with van der Waals surface area (Å²) in [5.74, 6) is -0.550. The normalized spacial score (nSPS) is 11.0. The first kappa shape index (κ1) is 14.6. The topological polar surface area (TPSA) is 68.5 Å². The number of amides is 1. The summed E-state index contributed by atoms with van der Waals surface area (Å²) in [5, 5.41) is 2.54. The number of hydrogen-bond acceptors (Lipinski definition) is 4. The van der Waals surface area contributed by atoms with E-state index >= 15 is 0 Å². The Morgan fingerprint density at radius 1 is 1.19 bits per heavy atom. The van der Waals surface area contributed by atoms with E-state index in [1.54, 1.807) is 43.3 Å². The number of nitrogens with one attached hydrogen (secondary N) is 1. The molecule has 2 aromatic rings. The molecule has 0 aliphatic rings. The molecule has 0 unspecified atom stereocenters. The van der Waals surface area contributed by atoms with Crippen molar-refractivity contribution in [3.8, 4) is 0 Å². The van der Waals surface area contributed by atoms with Gasteiger partial charge >= 0.3 is 5.97 Å². The van der Waals surface area contributed by atoms with Crippen molar-refractivity contribution >= 4 is 18.0 Å².